The number of unbranched alkanes of at least 4 members (excludes halogenated alkanes) is 1. The Bertz CT molecular complexity index is 976. The Balaban J connectivity index is 1.47. The second-order valence-electron chi connectivity index (χ2n) is 7.84. The van der Waals surface area contributed by atoms with Crippen LogP contribution in [-0.2, 0) is 16.0 Å². The highest BCUT2D eigenvalue weighted by Gasteiger charge is 2.22. The number of carbonyl (C=O) groups is 1. The van der Waals surface area contributed by atoms with Crippen molar-refractivity contribution in [2.75, 3.05) is 19.7 Å². The average Bonchev–Trinajstić information content (AvgIpc) is 3.48. The molecule has 0 spiro atoms. The van der Waals surface area contributed by atoms with Crippen molar-refractivity contribution in [3.8, 4) is 11.3 Å². The van der Waals surface area contributed by atoms with E-state index in [-0.39, 0.29) is 12.0 Å². The standard InChI is InChI=1S/C23H28ClN3O2S/c1-2-3-6-22(28)26(14-20-5-4-13-29-20)12-11-19-16-30-23-25-21(15-27(19)23)17-7-9-18(24)10-8-17/h7-10,15-16,20H,2-6,11-14H2,1H3. The first-order valence-corrected chi connectivity index (χ1v) is 12.0. The van der Waals surface area contributed by atoms with Crippen LogP contribution in [0.15, 0.2) is 35.8 Å². The minimum absolute atomic E-state index is 0.183. The Hall–Kier alpha value is -1.89. The van der Waals surface area contributed by atoms with Crippen LogP contribution in [0, 0.1) is 0 Å². The van der Waals surface area contributed by atoms with Crippen molar-refractivity contribution in [2.45, 2.75) is 51.6 Å². The molecule has 1 unspecified atom stereocenters. The summed E-state index contributed by atoms with van der Waals surface area (Å²) in [5.74, 6) is 0.242. The Morgan fingerprint density at radius 2 is 2.20 bits per heavy atom. The summed E-state index contributed by atoms with van der Waals surface area (Å²) in [5, 5.41) is 2.87. The summed E-state index contributed by atoms with van der Waals surface area (Å²) in [7, 11) is 0. The van der Waals surface area contributed by atoms with Gasteiger partial charge in [-0.25, -0.2) is 4.98 Å². The van der Waals surface area contributed by atoms with Gasteiger partial charge in [0, 0.05) is 60.4 Å². The number of benzene rings is 1. The highest BCUT2D eigenvalue weighted by Crippen LogP contribution is 2.25. The van der Waals surface area contributed by atoms with Gasteiger partial charge in [-0.2, -0.15) is 0 Å². The molecular weight excluding hydrogens is 418 g/mol. The van der Waals surface area contributed by atoms with E-state index >= 15 is 0 Å². The van der Waals surface area contributed by atoms with Crippen molar-refractivity contribution >= 4 is 33.8 Å². The molecule has 1 atom stereocenters. The van der Waals surface area contributed by atoms with Crippen molar-refractivity contribution in [1.82, 2.24) is 14.3 Å². The maximum Gasteiger partial charge on any atom is 0.222 e. The van der Waals surface area contributed by atoms with Crippen molar-refractivity contribution < 1.29 is 9.53 Å². The molecule has 0 saturated carbocycles. The number of amides is 1. The van der Waals surface area contributed by atoms with Gasteiger partial charge in [-0.3, -0.25) is 9.20 Å². The molecule has 0 aliphatic carbocycles. The second-order valence-corrected chi connectivity index (χ2v) is 9.11. The van der Waals surface area contributed by atoms with Crippen LogP contribution < -0.4 is 0 Å². The molecule has 1 amide bonds. The zero-order valence-corrected chi connectivity index (χ0v) is 18.9. The largest absolute Gasteiger partial charge is 0.376 e. The van der Waals surface area contributed by atoms with Crippen LogP contribution in [0.5, 0.6) is 0 Å². The highest BCUT2D eigenvalue weighted by atomic mass is 35.5. The van der Waals surface area contributed by atoms with Crippen molar-refractivity contribution in [1.29, 1.82) is 0 Å². The maximum absolute atomic E-state index is 12.8. The van der Waals surface area contributed by atoms with Gasteiger partial charge in [0.15, 0.2) is 4.96 Å². The van der Waals surface area contributed by atoms with Gasteiger partial charge in [-0.05, 0) is 31.4 Å². The van der Waals surface area contributed by atoms with Gasteiger partial charge >= 0.3 is 0 Å². The zero-order chi connectivity index (χ0) is 20.9. The van der Waals surface area contributed by atoms with E-state index in [1.54, 1.807) is 11.3 Å². The molecule has 7 heteroatoms. The molecule has 1 aliphatic heterocycles. The third kappa shape index (κ3) is 5.05. The van der Waals surface area contributed by atoms with Gasteiger partial charge < -0.3 is 9.64 Å². The molecule has 1 fully saturated rings. The SMILES string of the molecule is CCCCC(=O)N(CCc1csc2nc(-c3ccc(Cl)cc3)cn12)CC1CCCO1. The molecule has 0 radical (unpaired) electrons. The number of ether oxygens (including phenoxy) is 1. The van der Waals surface area contributed by atoms with Crippen molar-refractivity contribution in [2.24, 2.45) is 0 Å². The monoisotopic (exact) mass is 445 g/mol. The Labute approximate surface area is 186 Å². The molecule has 0 bridgehead atoms. The van der Waals surface area contributed by atoms with E-state index in [9.17, 15) is 4.79 Å². The summed E-state index contributed by atoms with van der Waals surface area (Å²) < 4.78 is 7.94. The average molecular weight is 446 g/mol. The number of fused-ring (bicyclic) bond motifs is 1. The smallest absolute Gasteiger partial charge is 0.222 e. The molecule has 1 aromatic carbocycles. The lowest BCUT2D eigenvalue weighted by Crippen LogP contribution is -2.38. The fourth-order valence-electron chi connectivity index (χ4n) is 3.86. The molecule has 3 heterocycles. The first-order valence-electron chi connectivity index (χ1n) is 10.7. The van der Waals surface area contributed by atoms with Crippen molar-refractivity contribution in [3.05, 3.63) is 46.6 Å². The molecule has 2 aromatic heterocycles. The number of rotatable bonds is 9. The molecule has 3 aromatic rings. The van der Waals surface area contributed by atoms with Gasteiger partial charge in [-0.15, -0.1) is 11.3 Å². The summed E-state index contributed by atoms with van der Waals surface area (Å²) in [6, 6.07) is 7.75. The number of hydrogen-bond acceptors (Lipinski definition) is 4. The third-order valence-electron chi connectivity index (χ3n) is 5.61. The van der Waals surface area contributed by atoms with E-state index in [1.165, 1.54) is 5.69 Å². The summed E-state index contributed by atoms with van der Waals surface area (Å²) in [4.78, 5) is 20.5. The van der Waals surface area contributed by atoms with Crippen LogP contribution in [0.1, 0.15) is 44.7 Å². The van der Waals surface area contributed by atoms with Gasteiger partial charge in [0.05, 0.1) is 11.8 Å². The van der Waals surface area contributed by atoms with E-state index in [0.29, 0.717) is 19.5 Å². The van der Waals surface area contributed by atoms with E-state index in [0.717, 1.165) is 60.0 Å². The number of aromatic nitrogens is 2. The molecule has 160 valence electrons. The predicted molar refractivity (Wildman–Crippen MR) is 122 cm³/mol. The first-order chi connectivity index (χ1) is 14.6. The van der Waals surface area contributed by atoms with Crippen LogP contribution in [0.25, 0.3) is 16.2 Å². The fraction of sp³-hybridized carbons (Fsp3) is 0.478. The molecular formula is C23H28ClN3O2S. The molecule has 5 nitrogen and oxygen atoms in total. The van der Waals surface area contributed by atoms with Crippen LogP contribution in [0.4, 0.5) is 0 Å². The summed E-state index contributed by atoms with van der Waals surface area (Å²) in [5.41, 5.74) is 3.18. The van der Waals surface area contributed by atoms with Gasteiger partial charge in [-0.1, -0.05) is 37.1 Å². The number of nitrogens with zero attached hydrogens (tertiary/aromatic N) is 3. The van der Waals surface area contributed by atoms with E-state index in [1.807, 2.05) is 29.2 Å². The number of hydrogen-bond donors (Lipinski definition) is 0. The Morgan fingerprint density at radius 1 is 1.37 bits per heavy atom. The van der Waals surface area contributed by atoms with Gasteiger partial charge in [0.25, 0.3) is 0 Å². The normalized spacial score (nSPS) is 16.4. The zero-order valence-electron chi connectivity index (χ0n) is 17.3. The minimum Gasteiger partial charge on any atom is -0.376 e. The van der Waals surface area contributed by atoms with Crippen LogP contribution >= 0.6 is 22.9 Å². The summed E-state index contributed by atoms with van der Waals surface area (Å²) >= 11 is 7.64. The molecule has 4 rings (SSSR count). The molecule has 1 saturated heterocycles. The minimum atomic E-state index is 0.183. The van der Waals surface area contributed by atoms with Crippen molar-refractivity contribution in [3.63, 3.8) is 0 Å². The van der Waals surface area contributed by atoms with E-state index in [4.69, 9.17) is 21.3 Å². The second kappa shape index (κ2) is 9.94. The maximum atomic E-state index is 12.8. The molecule has 0 N–H and O–H groups in total. The first kappa shape index (κ1) is 21.3. The molecule has 1 aliphatic rings. The van der Waals surface area contributed by atoms with Gasteiger partial charge in [0.2, 0.25) is 5.91 Å². The predicted octanol–water partition coefficient (Wildman–Crippen LogP) is 5.46. The summed E-state index contributed by atoms with van der Waals surface area (Å²) in [6.45, 7) is 4.35. The van der Waals surface area contributed by atoms with E-state index < -0.39 is 0 Å². The quantitative estimate of drug-likeness (QED) is 0.439. The number of thiazole rings is 1. The van der Waals surface area contributed by atoms with E-state index in [2.05, 4.69) is 22.9 Å². The lowest BCUT2D eigenvalue weighted by atomic mass is 10.1. The number of halogens is 1. The lowest BCUT2D eigenvalue weighted by Gasteiger charge is -2.25. The van der Waals surface area contributed by atoms with Crippen LogP contribution in [0.3, 0.4) is 0 Å². The summed E-state index contributed by atoms with van der Waals surface area (Å²) in [6.07, 6.45) is 7.80. The van der Waals surface area contributed by atoms with Crippen LogP contribution in [-0.4, -0.2) is 46.0 Å². The van der Waals surface area contributed by atoms with Gasteiger partial charge in [0.1, 0.15) is 0 Å². The number of imidazole rings is 1. The topological polar surface area (TPSA) is 46.8 Å². The fourth-order valence-corrected chi connectivity index (χ4v) is 4.89. The van der Waals surface area contributed by atoms with Crippen LogP contribution in [0.2, 0.25) is 5.02 Å². The third-order valence-corrected chi connectivity index (χ3v) is 6.75. The Morgan fingerprint density at radius 3 is 2.93 bits per heavy atom. The lowest BCUT2D eigenvalue weighted by molar-refractivity contribution is -0.132. The Kier molecular flexibility index (Phi) is 7.08. The highest BCUT2D eigenvalue weighted by molar-refractivity contribution is 7.15. The number of carbonyl (C=O) groups excluding carboxylic acids is 1. The molecule has 30 heavy (non-hydrogen) atoms.